The molecule has 0 saturated heterocycles. The Hall–Kier alpha value is -0.970. The second-order valence-corrected chi connectivity index (χ2v) is 1.42. The molecule has 0 aliphatic rings. The van der Waals surface area contributed by atoms with E-state index in [1.165, 1.54) is 0 Å². The second kappa shape index (κ2) is 7.03. The molecule has 0 fully saturated rings. The van der Waals surface area contributed by atoms with Crippen molar-refractivity contribution in [3.63, 3.8) is 0 Å². The van der Waals surface area contributed by atoms with E-state index in [-0.39, 0.29) is 0 Å². The summed E-state index contributed by atoms with van der Waals surface area (Å²) >= 11 is 0. The Morgan fingerprint density at radius 3 is 2.89 bits per heavy atom. The maximum absolute atomic E-state index is 9.57. The summed E-state index contributed by atoms with van der Waals surface area (Å²) in [5, 5.41) is 0. The molecule has 0 N–H and O–H groups in total. The van der Waals surface area contributed by atoms with Crippen LogP contribution in [0.15, 0.2) is 0 Å². The summed E-state index contributed by atoms with van der Waals surface area (Å²) in [7, 11) is 0. The first-order valence-electron chi connectivity index (χ1n) is 2.92. The first kappa shape index (κ1) is 8.03. The van der Waals surface area contributed by atoms with E-state index >= 15 is 0 Å². The normalized spacial score (nSPS) is 7.22. The van der Waals surface area contributed by atoms with Crippen LogP contribution in [0, 0.1) is 11.8 Å². The molecule has 0 aliphatic heterocycles. The molecule has 50 valence electrons. The van der Waals surface area contributed by atoms with Gasteiger partial charge in [-0.05, 0) is 0 Å². The quantitative estimate of drug-likeness (QED) is 0.320. The van der Waals surface area contributed by atoms with Crippen LogP contribution in [0.3, 0.4) is 0 Å². The van der Waals surface area contributed by atoms with Gasteiger partial charge >= 0.3 is 0 Å². The molecule has 0 heterocycles. The van der Waals surface area contributed by atoms with Crippen LogP contribution < -0.4 is 0 Å². The molecule has 0 aromatic heterocycles. The van der Waals surface area contributed by atoms with Crippen molar-refractivity contribution < 1.29 is 9.53 Å². The van der Waals surface area contributed by atoms with Gasteiger partial charge in [-0.2, -0.15) is 0 Å². The Labute approximate surface area is 55.2 Å². The lowest BCUT2D eigenvalue weighted by molar-refractivity contribution is -0.128. The lowest BCUT2D eigenvalue weighted by atomic mass is 10.4. The third-order valence-electron chi connectivity index (χ3n) is 0.715. The van der Waals surface area contributed by atoms with Crippen molar-refractivity contribution >= 4 is 6.47 Å². The lowest BCUT2D eigenvalue weighted by Crippen LogP contribution is -1.88. The Morgan fingerprint density at radius 1 is 1.56 bits per heavy atom. The SMILES string of the molecule is CCC#CCCOC=O. The minimum absolute atomic E-state index is 0.413. The van der Waals surface area contributed by atoms with Crippen LogP contribution in [-0.4, -0.2) is 13.1 Å². The van der Waals surface area contributed by atoms with Crippen molar-refractivity contribution in [1.29, 1.82) is 0 Å². The molecule has 0 bridgehead atoms. The highest BCUT2D eigenvalue weighted by Crippen LogP contribution is 1.76. The second-order valence-electron chi connectivity index (χ2n) is 1.42. The number of hydrogen-bond acceptors (Lipinski definition) is 2. The highest BCUT2D eigenvalue weighted by molar-refractivity contribution is 5.36. The average Bonchev–Trinajstić information content (AvgIpc) is 1.89. The van der Waals surface area contributed by atoms with Crippen molar-refractivity contribution in [1.82, 2.24) is 0 Å². The minimum Gasteiger partial charge on any atom is -0.467 e. The fourth-order valence-electron chi connectivity index (χ4n) is 0.371. The van der Waals surface area contributed by atoms with E-state index in [0.717, 1.165) is 6.42 Å². The van der Waals surface area contributed by atoms with E-state index in [4.69, 9.17) is 0 Å². The Bertz CT molecular complexity index is 119. The van der Waals surface area contributed by atoms with Gasteiger partial charge < -0.3 is 4.74 Å². The summed E-state index contributed by atoms with van der Waals surface area (Å²) in [6.07, 6.45) is 1.51. The molecular formula is C7H10O2. The summed E-state index contributed by atoms with van der Waals surface area (Å²) in [6, 6.07) is 0. The first-order chi connectivity index (χ1) is 4.41. The van der Waals surface area contributed by atoms with Gasteiger partial charge in [-0.1, -0.05) is 12.8 Å². The van der Waals surface area contributed by atoms with Crippen LogP contribution in [0.5, 0.6) is 0 Å². The van der Waals surface area contributed by atoms with Crippen LogP contribution >= 0.6 is 0 Å². The van der Waals surface area contributed by atoms with Gasteiger partial charge in [-0.3, -0.25) is 4.79 Å². The highest BCUT2D eigenvalue weighted by atomic mass is 16.5. The summed E-state index contributed by atoms with van der Waals surface area (Å²) in [4.78, 5) is 9.57. The topological polar surface area (TPSA) is 26.3 Å². The third-order valence-corrected chi connectivity index (χ3v) is 0.715. The number of ether oxygens (including phenoxy) is 1. The standard InChI is InChI=1S/C7H10O2/c1-2-3-4-5-6-9-7-8/h7H,2,5-6H2,1H3. The van der Waals surface area contributed by atoms with Crippen molar-refractivity contribution in [3.8, 4) is 11.8 Å². The van der Waals surface area contributed by atoms with E-state index < -0.39 is 0 Å². The van der Waals surface area contributed by atoms with Crippen LogP contribution in [0.1, 0.15) is 19.8 Å². The molecule has 0 unspecified atom stereocenters. The van der Waals surface area contributed by atoms with Crippen molar-refractivity contribution in [3.05, 3.63) is 0 Å². The zero-order valence-electron chi connectivity index (χ0n) is 5.52. The van der Waals surface area contributed by atoms with Crippen LogP contribution in [0.4, 0.5) is 0 Å². The molecule has 0 saturated carbocycles. The Morgan fingerprint density at radius 2 is 2.33 bits per heavy atom. The van der Waals surface area contributed by atoms with Crippen molar-refractivity contribution in [2.45, 2.75) is 19.8 Å². The minimum atomic E-state index is 0.413. The monoisotopic (exact) mass is 126 g/mol. The molecule has 2 nitrogen and oxygen atoms in total. The predicted molar refractivity (Wildman–Crippen MR) is 34.7 cm³/mol. The van der Waals surface area contributed by atoms with E-state index in [9.17, 15) is 4.79 Å². The molecule has 0 atom stereocenters. The maximum Gasteiger partial charge on any atom is 0.293 e. The largest absolute Gasteiger partial charge is 0.467 e. The fourth-order valence-corrected chi connectivity index (χ4v) is 0.371. The Balaban J connectivity index is 2.98. The zero-order chi connectivity index (χ0) is 6.95. The average molecular weight is 126 g/mol. The number of carbonyl (C=O) groups is 1. The molecule has 0 aliphatic carbocycles. The van der Waals surface area contributed by atoms with E-state index in [1.54, 1.807) is 0 Å². The van der Waals surface area contributed by atoms with Crippen LogP contribution in [0.25, 0.3) is 0 Å². The summed E-state index contributed by atoms with van der Waals surface area (Å²) in [5.41, 5.74) is 0. The van der Waals surface area contributed by atoms with Crippen LogP contribution in [0.2, 0.25) is 0 Å². The Kier molecular flexibility index (Phi) is 6.27. The van der Waals surface area contributed by atoms with Gasteiger partial charge in [0.1, 0.15) is 6.61 Å². The summed E-state index contributed by atoms with van der Waals surface area (Å²) in [6.45, 7) is 2.83. The van der Waals surface area contributed by atoms with E-state index in [2.05, 4.69) is 16.6 Å². The van der Waals surface area contributed by atoms with Gasteiger partial charge in [0.15, 0.2) is 0 Å². The van der Waals surface area contributed by atoms with Gasteiger partial charge in [0.05, 0.1) is 0 Å². The molecule has 9 heavy (non-hydrogen) atoms. The fraction of sp³-hybridized carbons (Fsp3) is 0.571. The number of hydrogen-bond donors (Lipinski definition) is 0. The predicted octanol–water partition coefficient (Wildman–Crippen LogP) is 0.963. The maximum atomic E-state index is 9.57. The summed E-state index contributed by atoms with van der Waals surface area (Å²) < 4.78 is 4.40. The zero-order valence-corrected chi connectivity index (χ0v) is 5.52. The summed E-state index contributed by atoms with van der Waals surface area (Å²) in [5.74, 6) is 5.70. The molecule has 0 amide bonds. The number of rotatable bonds is 3. The smallest absolute Gasteiger partial charge is 0.293 e. The van der Waals surface area contributed by atoms with Crippen LogP contribution in [-0.2, 0) is 9.53 Å². The third kappa shape index (κ3) is 7.03. The molecule has 0 spiro atoms. The molecule has 0 radical (unpaired) electrons. The van der Waals surface area contributed by atoms with Gasteiger partial charge in [-0.25, -0.2) is 0 Å². The molecular weight excluding hydrogens is 116 g/mol. The molecule has 0 aromatic carbocycles. The number of carbonyl (C=O) groups excluding carboxylic acids is 1. The van der Waals surface area contributed by atoms with Gasteiger partial charge in [0.25, 0.3) is 6.47 Å². The molecule has 2 heteroatoms. The first-order valence-corrected chi connectivity index (χ1v) is 2.92. The highest BCUT2D eigenvalue weighted by Gasteiger charge is 1.76. The van der Waals surface area contributed by atoms with Gasteiger partial charge in [0, 0.05) is 12.8 Å². The molecule has 0 rings (SSSR count). The molecule has 0 aromatic rings. The van der Waals surface area contributed by atoms with Gasteiger partial charge in [-0.15, -0.1) is 5.92 Å². The van der Waals surface area contributed by atoms with Crippen molar-refractivity contribution in [2.75, 3.05) is 6.61 Å². The van der Waals surface area contributed by atoms with E-state index in [0.29, 0.717) is 19.5 Å². The lowest BCUT2D eigenvalue weighted by Gasteiger charge is -1.87. The van der Waals surface area contributed by atoms with Crippen molar-refractivity contribution in [2.24, 2.45) is 0 Å². The van der Waals surface area contributed by atoms with Gasteiger partial charge in [0.2, 0.25) is 0 Å². The van der Waals surface area contributed by atoms with E-state index in [1.807, 2.05) is 6.92 Å².